The van der Waals surface area contributed by atoms with Gasteiger partial charge in [-0.05, 0) is 5.92 Å². The quantitative estimate of drug-likeness (QED) is 0.706. The lowest BCUT2D eigenvalue weighted by Crippen LogP contribution is -2.37. The predicted molar refractivity (Wildman–Crippen MR) is 65.0 cm³/mol. The molecule has 0 spiro atoms. The van der Waals surface area contributed by atoms with Crippen LogP contribution in [0.3, 0.4) is 0 Å². The van der Waals surface area contributed by atoms with Crippen molar-refractivity contribution in [3.8, 4) is 0 Å². The van der Waals surface area contributed by atoms with Crippen LogP contribution in [-0.4, -0.2) is 15.9 Å². The van der Waals surface area contributed by atoms with E-state index < -0.39 is 0 Å². The lowest BCUT2D eigenvalue weighted by molar-refractivity contribution is 0.725. The van der Waals surface area contributed by atoms with E-state index in [2.05, 4.69) is 52.6 Å². The summed E-state index contributed by atoms with van der Waals surface area (Å²) in [7, 11) is 0. The Bertz CT molecular complexity index is 466. The van der Waals surface area contributed by atoms with Crippen LogP contribution in [0.25, 0.3) is 5.70 Å². The standard InChI is InChI=1S/C11H15N5/c1-6(2)7(3)14-11-15-8(4)9-10(16-11)13-5-12-9/h5-6H,3-4H2,1-2H3,(H,12,13)(H2,14,15,16). The Morgan fingerprint density at radius 3 is 2.94 bits per heavy atom. The zero-order chi connectivity index (χ0) is 11.7. The fourth-order valence-corrected chi connectivity index (χ4v) is 1.29. The molecule has 3 N–H and O–H groups in total. The maximum Gasteiger partial charge on any atom is 0.206 e. The van der Waals surface area contributed by atoms with Gasteiger partial charge >= 0.3 is 0 Å². The van der Waals surface area contributed by atoms with Crippen LogP contribution < -0.4 is 10.6 Å². The summed E-state index contributed by atoms with van der Waals surface area (Å²) < 4.78 is 0. The Morgan fingerprint density at radius 1 is 1.50 bits per heavy atom. The zero-order valence-corrected chi connectivity index (χ0v) is 9.46. The Morgan fingerprint density at radius 2 is 2.25 bits per heavy atom. The van der Waals surface area contributed by atoms with E-state index in [0.29, 0.717) is 17.7 Å². The highest BCUT2D eigenvalue weighted by Gasteiger charge is 2.17. The summed E-state index contributed by atoms with van der Waals surface area (Å²) in [6.45, 7) is 11.9. The van der Waals surface area contributed by atoms with Crippen molar-refractivity contribution in [2.24, 2.45) is 10.9 Å². The molecule has 1 aliphatic rings. The molecule has 2 rings (SSSR count). The van der Waals surface area contributed by atoms with Crippen molar-refractivity contribution in [2.45, 2.75) is 13.8 Å². The molecule has 16 heavy (non-hydrogen) atoms. The van der Waals surface area contributed by atoms with Gasteiger partial charge in [0.1, 0.15) is 5.69 Å². The van der Waals surface area contributed by atoms with E-state index >= 15 is 0 Å². The van der Waals surface area contributed by atoms with Crippen LogP contribution in [0, 0.1) is 5.92 Å². The summed E-state index contributed by atoms with van der Waals surface area (Å²) in [6.07, 6.45) is 1.60. The van der Waals surface area contributed by atoms with E-state index in [1.165, 1.54) is 0 Å². The van der Waals surface area contributed by atoms with Gasteiger partial charge in [-0.2, -0.15) is 4.99 Å². The zero-order valence-electron chi connectivity index (χ0n) is 9.46. The molecule has 0 unspecified atom stereocenters. The Kier molecular flexibility index (Phi) is 2.52. The van der Waals surface area contributed by atoms with E-state index in [1.54, 1.807) is 6.33 Å². The molecule has 1 aliphatic heterocycles. The van der Waals surface area contributed by atoms with Crippen LogP contribution in [-0.2, 0) is 0 Å². The second-order valence-electron chi connectivity index (χ2n) is 3.97. The van der Waals surface area contributed by atoms with Crippen LogP contribution in [0.1, 0.15) is 19.5 Å². The van der Waals surface area contributed by atoms with Crippen molar-refractivity contribution in [1.29, 1.82) is 0 Å². The summed E-state index contributed by atoms with van der Waals surface area (Å²) in [5.74, 6) is 1.68. The Labute approximate surface area is 94.4 Å². The van der Waals surface area contributed by atoms with Gasteiger partial charge in [-0.15, -0.1) is 0 Å². The van der Waals surface area contributed by atoms with E-state index in [-0.39, 0.29) is 0 Å². The minimum Gasteiger partial charge on any atom is -0.330 e. The lowest BCUT2D eigenvalue weighted by Gasteiger charge is -2.19. The fraction of sp³-hybridized carbons (Fsp3) is 0.273. The molecule has 5 heteroatoms. The maximum atomic E-state index is 4.33. The molecule has 0 radical (unpaired) electrons. The number of nitrogens with zero attached hydrogens (tertiary/aromatic N) is 2. The van der Waals surface area contributed by atoms with E-state index in [9.17, 15) is 0 Å². The number of H-pyrrole nitrogens is 1. The fourth-order valence-electron chi connectivity index (χ4n) is 1.29. The largest absolute Gasteiger partial charge is 0.330 e. The van der Waals surface area contributed by atoms with Crippen molar-refractivity contribution >= 4 is 17.5 Å². The number of hydrogen-bond acceptors (Lipinski definition) is 4. The van der Waals surface area contributed by atoms with Gasteiger partial charge in [-0.1, -0.05) is 27.0 Å². The van der Waals surface area contributed by atoms with Gasteiger partial charge in [-0.3, -0.25) is 0 Å². The molecule has 1 aromatic rings. The molecule has 0 bridgehead atoms. The monoisotopic (exact) mass is 217 g/mol. The number of hydrogen-bond donors (Lipinski definition) is 3. The molecule has 2 heterocycles. The summed E-state index contributed by atoms with van der Waals surface area (Å²) in [6, 6.07) is 0. The highest BCUT2D eigenvalue weighted by molar-refractivity contribution is 5.95. The SMILES string of the molecule is C=C1NC(NC(=C)C(C)C)=Nc2[nH]cnc21. The number of rotatable bonds is 2. The molecule has 0 fully saturated rings. The summed E-state index contributed by atoms with van der Waals surface area (Å²) in [4.78, 5) is 11.4. The average molecular weight is 217 g/mol. The van der Waals surface area contributed by atoms with Gasteiger partial charge in [-0.25, -0.2) is 4.98 Å². The first-order chi connectivity index (χ1) is 7.58. The first-order valence-electron chi connectivity index (χ1n) is 5.12. The number of guanidine groups is 1. The number of fused-ring (bicyclic) bond motifs is 1. The highest BCUT2D eigenvalue weighted by Crippen LogP contribution is 2.22. The highest BCUT2D eigenvalue weighted by atomic mass is 15.2. The second-order valence-corrected chi connectivity index (χ2v) is 3.97. The topological polar surface area (TPSA) is 65.1 Å². The maximum absolute atomic E-state index is 4.33. The van der Waals surface area contributed by atoms with Crippen molar-refractivity contribution in [3.05, 3.63) is 30.9 Å². The summed E-state index contributed by atoms with van der Waals surface area (Å²) in [5.41, 5.74) is 2.38. The first-order valence-corrected chi connectivity index (χ1v) is 5.12. The third-order valence-electron chi connectivity index (χ3n) is 2.37. The van der Waals surface area contributed by atoms with Gasteiger partial charge in [0.15, 0.2) is 5.82 Å². The van der Waals surface area contributed by atoms with Gasteiger partial charge in [0.2, 0.25) is 5.96 Å². The molecule has 0 saturated heterocycles. The summed E-state index contributed by atoms with van der Waals surface area (Å²) in [5, 5.41) is 6.16. The van der Waals surface area contributed by atoms with Crippen LogP contribution in [0.2, 0.25) is 0 Å². The average Bonchev–Trinajstić information content (AvgIpc) is 2.65. The molecule has 0 atom stereocenters. The van der Waals surface area contributed by atoms with Crippen LogP contribution in [0.4, 0.5) is 5.82 Å². The van der Waals surface area contributed by atoms with Crippen molar-refractivity contribution < 1.29 is 0 Å². The van der Waals surface area contributed by atoms with Gasteiger partial charge in [0.05, 0.1) is 12.0 Å². The number of allylic oxidation sites excluding steroid dienone is 1. The third kappa shape index (κ3) is 1.84. The smallest absolute Gasteiger partial charge is 0.206 e. The van der Waals surface area contributed by atoms with Crippen molar-refractivity contribution in [3.63, 3.8) is 0 Å². The lowest BCUT2D eigenvalue weighted by atomic mass is 10.1. The minimum atomic E-state index is 0.348. The molecule has 0 aromatic carbocycles. The predicted octanol–water partition coefficient (Wildman–Crippen LogP) is 1.73. The molecule has 0 aliphatic carbocycles. The normalized spacial score (nSPS) is 14.2. The Hall–Kier alpha value is -2.04. The number of imidazole rings is 1. The summed E-state index contributed by atoms with van der Waals surface area (Å²) >= 11 is 0. The van der Waals surface area contributed by atoms with Gasteiger partial charge in [0.25, 0.3) is 0 Å². The minimum absolute atomic E-state index is 0.348. The van der Waals surface area contributed by atoms with E-state index in [4.69, 9.17) is 0 Å². The van der Waals surface area contributed by atoms with Crippen molar-refractivity contribution in [1.82, 2.24) is 20.6 Å². The van der Waals surface area contributed by atoms with Gasteiger partial charge in [0, 0.05) is 5.70 Å². The molecule has 1 aromatic heterocycles. The van der Waals surface area contributed by atoms with Crippen molar-refractivity contribution in [2.75, 3.05) is 0 Å². The third-order valence-corrected chi connectivity index (χ3v) is 2.37. The Balaban J connectivity index is 2.20. The molecule has 5 nitrogen and oxygen atoms in total. The van der Waals surface area contributed by atoms with E-state index in [0.717, 1.165) is 17.1 Å². The number of nitrogens with one attached hydrogen (secondary N) is 3. The second kappa shape index (κ2) is 3.84. The number of aliphatic imine (C=N–C) groups is 1. The van der Waals surface area contributed by atoms with Gasteiger partial charge < -0.3 is 15.6 Å². The van der Waals surface area contributed by atoms with Crippen LogP contribution in [0.15, 0.2) is 30.2 Å². The number of aromatic amines is 1. The van der Waals surface area contributed by atoms with Crippen LogP contribution in [0.5, 0.6) is 0 Å². The first kappa shape index (κ1) is 10.5. The van der Waals surface area contributed by atoms with E-state index in [1.807, 2.05) is 0 Å². The van der Waals surface area contributed by atoms with Crippen LogP contribution >= 0.6 is 0 Å². The molecule has 0 saturated carbocycles. The molecular weight excluding hydrogens is 202 g/mol. The molecule has 84 valence electrons. The molecule has 0 amide bonds. The molecular formula is C11H15N5. The number of aromatic nitrogens is 2.